The first-order valence-corrected chi connectivity index (χ1v) is 10.6. The van der Waals surface area contributed by atoms with Gasteiger partial charge in [0.05, 0.1) is 5.02 Å². The molecule has 4 rings (SSSR count). The molecule has 1 aromatic heterocycles. The Morgan fingerprint density at radius 1 is 1.13 bits per heavy atom. The molecule has 1 amide bonds. The monoisotopic (exact) mass is 439 g/mol. The Labute approximate surface area is 185 Å². The van der Waals surface area contributed by atoms with Crippen LogP contribution in [-0.2, 0) is 11.4 Å². The largest absolute Gasteiger partial charge is 0.489 e. The average Bonchev–Trinajstić information content (AvgIpc) is 2.80. The molecule has 0 saturated carbocycles. The number of hydrogen-bond donors (Lipinski definition) is 1. The van der Waals surface area contributed by atoms with Crippen LogP contribution in [0.1, 0.15) is 18.4 Å². The van der Waals surface area contributed by atoms with Gasteiger partial charge in [-0.2, -0.15) is 0 Å². The summed E-state index contributed by atoms with van der Waals surface area (Å²) >= 11 is 5.90. The van der Waals surface area contributed by atoms with Crippen LogP contribution in [0.2, 0.25) is 5.02 Å². The lowest BCUT2D eigenvalue weighted by Gasteiger charge is -2.32. The molecule has 1 N–H and O–H groups in total. The first-order valence-electron chi connectivity index (χ1n) is 10.2. The number of carbonyl (C=O) groups is 1. The van der Waals surface area contributed by atoms with E-state index in [-0.39, 0.29) is 17.6 Å². The summed E-state index contributed by atoms with van der Waals surface area (Å²) in [5.74, 6) is 1.22. The lowest BCUT2D eigenvalue weighted by atomic mass is 9.96. The van der Waals surface area contributed by atoms with Crippen molar-refractivity contribution in [1.29, 1.82) is 0 Å². The topological polar surface area (TPSA) is 54.5 Å². The first-order chi connectivity index (χ1) is 15.1. The summed E-state index contributed by atoms with van der Waals surface area (Å²) in [5, 5.41) is 3.61. The van der Waals surface area contributed by atoms with Crippen molar-refractivity contribution in [2.45, 2.75) is 19.4 Å². The lowest BCUT2D eigenvalue weighted by molar-refractivity contribution is -0.120. The van der Waals surface area contributed by atoms with Crippen LogP contribution in [0.5, 0.6) is 5.75 Å². The number of anilines is 2. The molecule has 0 unspecified atom stereocenters. The number of hydrogen-bond acceptors (Lipinski definition) is 4. The number of aromatic nitrogens is 1. The number of carbonyl (C=O) groups excluding carboxylic acids is 1. The normalized spacial score (nSPS) is 14.3. The number of nitrogens with zero attached hydrogens (tertiary/aromatic N) is 2. The molecule has 0 atom stereocenters. The predicted octanol–water partition coefficient (Wildman–Crippen LogP) is 5.31. The maximum Gasteiger partial charge on any atom is 0.227 e. The third-order valence-electron chi connectivity index (χ3n) is 5.32. The molecule has 0 radical (unpaired) electrons. The van der Waals surface area contributed by atoms with Crippen LogP contribution >= 0.6 is 11.6 Å². The highest BCUT2D eigenvalue weighted by Gasteiger charge is 2.25. The molecule has 31 heavy (non-hydrogen) atoms. The van der Waals surface area contributed by atoms with Gasteiger partial charge in [0.15, 0.2) is 0 Å². The molecular weight excluding hydrogens is 417 g/mol. The number of pyridine rings is 1. The van der Waals surface area contributed by atoms with Crippen molar-refractivity contribution in [3.05, 3.63) is 83.3 Å². The quantitative estimate of drug-likeness (QED) is 0.565. The second-order valence-corrected chi connectivity index (χ2v) is 7.96. The van der Waals surface area contributed by atoms with Crippen molar-refractivity contribution in [2.24, 2.45) is 5.92 Å². The molecule has 1 saturated heterocycles. The number of halogens is 2. The highest BCUT2D eigenvalue weighted by molar-refractivity contribution is 6.30. The van der Waals surface area contributed by atoms with Gasteiger partial charge in [-0.25, -0.2) is 9.37 Å². The van der Waals surface area contributed by atoms with Gasteiger partial charge in [-0.3, -0.25) is 4.79 Å². The maximum atomic E-state index is 13.0. The Hall–Kier alpha value is -3.12. The van der Waals surface area contributed by atoms with Gasteiger partial charge >= 0.3 is 0 Å². The smallest absolute Gasteiger partial charge is 0.227 e. The van der Waals surface area contributed by atoms with Crippen LogP contribution in [0.4, 0.5) is 15.9 Å². The second kappa shape index (κ2) is 9.79. The molecule has 160 valence electrons. The van der Waals surface area contributed by atoms with Gasteiger partial charge < -0.3 is 15.0 Å². The molecule has 0 spiro atoms. The Bertz CT molecular complexity index is 1020. The fourth-order valence-corrected chi connectivity index (χ4v) is 3.69. The SMILES string of the molecule is O=C(Nc1cccc(OCc2ccc(F)cc2)c1)C1CCN(c2ccc(Cl)cn2)CC1. The summed E-state index contributed by atoms with van der Waals surface area (Å²) in [6.07, 6.45) is 3.16. The van der Waals surface area contributed by atoms with Gasteiger partial charge in [-0.15, -0.1) is 0 Å². The van der Waals surface area contributed by atoms with E-state index < -0.39 is 0 Å². The fraction of sp³-hybridized carbons (Fsp3) is 0.250. The highest BCUT2D eigenvalue weighted by Crippen LogP contribution is 2.25. The van der Waals surface area contributed by atoms with E-state index in [0.29, 0.717) is 23.1 Å². The zero-order chi connectivity index (χ0) is 21.6. The third-order valence-corrected chi connectivity index (χ3v) is 5.55. The maximum absolute atomic E-state index is 13.0. The summed E-state index contributed by atoms with van der Waals surface area (Å²) in [6.45, 7) is 1.87. The van der Waals surface area contributed by atoms with E-state index >= 15 is 0 Å². The molecule has 1 aliphatic heterocycles. The molecule has 2 aromatic carbocycles. The molecule has 3 aromatic rings. The van der Waals surface area contributed by atoms with E-state index in [0.717, 1.165) is 37.3 Å². The Morgan fingerprint density at radius 2 is 1.90 bits per heavy atom. The van der Waals surface area contributed by atoms with Crippen molar-refractivity contribution in [3.63, 3.8) is 0 Å². The second-order valence-electron chi connectivity index (χ2n) is 7.53. The van der Waals surface area contributed by atoms with E-state index in [1.165, 1.54) is 12.1 Å². The summed E-state index contributed by atoms with van der Waals surface area (Å²) in [6, 6.07) is 17.2. The number of amides is 1. The number of rotatable bonds is 6. The van der Waals surface area contributed by atoms with E-state index in [4.69, 9.17) is 16.3 Å². The summed E-state index contributed by atoms with van der Waals surface area (Å²) in [5.41, 5.74) is 1.57. The van der Waals surface area contributed by atoms with Gasteiger partial charge in [-0.1, -0.05) is 29.8 Å². The summed E-state index contributed by atoms with van der Waals surface area (Å²) in [4.78, 5) is 19.3. The fourth-order valence-electron chi connectivity index (χ4n) is 3.58. The third kappa shape index (κ3) is 5.73. The van der Waals surface area contributed by atoms with Crippen LogP contribution in [0.15, 0.2) is 66.9 Å². The summed E-state index contributed by atoms with van der Waals surface area (Å²) < 4.78 is 18.8. The van der Waals surface area contributed by atoms with Gasteiger partial charge in [0.25, 0.3) is 0 Å². The van der Waals surface area contributed by atoms with Gasteiger partial charge in [-0.05, 0) is 54.8 Å². The molecule has 0 bridgehead atoms. The predicted molar refractivity (Wildman–Crippen MR) is 120 cm³/mol. The molecular formula is C24H23ClFN3O2. The minimum atomic E-state index is -0.274. The van der Waals surface area contributed by atoms with Crippen molar-refractivity contribution >= 4 is 29.0 Å². The van der Waals surface area contributed by atoms with E-state index in [9.17, 15) is 9.18 Å². The molecule has 7 heteroatoms. The average molecular weight is 440 g/mol. The zero-order valence-electron chi connectivity index (χ0n) is 16.9. The van der Waals surface area contributed by atoms with E-state index in [2.05, 4.69) is 15.2 Å². The van der Waals surface area contributed by atoms with Crippen LogP contribution in [-0.4, -0.2) is 24.0 Å². The van der Waals surface area contributed by atoms with Crippen molar-refractivity contribution in [3.8, 4) is 5.75 Å². The van der Waals surface area contributed by atoms with E-state index in [1.54, 1.807) is 24.4 Å². The van der Waals surface area contributed by atoms with Gasteiger partial charge in [0, 0.05) is 37.0 Å². The van der Waals surface area contributed by atoms with Crippen LogP contribution in [0.3, 0.4) is 0 Å². The minimum absolute atomic E-state index is 0.0133. The Balaban J connectivity index is 1.29. The standard InChI is InChI=1S/C24H23ClFN3O2/c25-19-6-9-23(27-15-19)29-12-10-18(11-13-29)24(30)28-21-2-1-3-22(14-21)31-16-17-4-7-20(26)8-5-17/h1-9,14-15,18H,10-13,16H2,(H,28,30). The molecule has 1 fully saturated rings. The van der Waals surface area contributed by atoms with Crippen LogP contribution in [0, 0.1) is 11.7 Å². The molecule has 0 aliphatic carbocycles. The number of piperidine rings is 1. The van der Waals surface area contributed by atoms with Crippen molar-refractivity contribution < 1.29 is 13.9 Å². The highest BCUT2D eigenvalue weighted by atomic mass is 35.5. The number of benzene rings is 2. The van der Waals surface area contributed by atoms with Gasteiger partial charge in [0.2, 0.25) is 5.91 Å². The minimum Gasteiger partial charge on any atom is -0.489 e. The lowest BCUT2D eigenvalue weighted by Crippen LogP contribution is -2.38. The van der Waals surface area contributed by atoms with E-state index in [1.807, 2.05) is 30.3 Å². The van der Waals surface area contributed by atoms with Crippen molar-refractivity contribution in [2.75, 3.05) is 23.3 Å². The number of nitrogens with one attached hydrogen (secondary N) is 1. The summed E-state index contributed by atoms with van der Waals surface area (Å²) in [7, 11) is 0. The molecule has 5 nitrogen and oxygen atoms in total. The molecule has 1 aliphatic rings. The number of ether oxygens (including phenoxy) is 1. The first kappa shape index (κ1) is 21.1. The van der Waals surface area contributed by atoms with Crippen LogP contribution < -0.4 is 15.0 Å². The Kier molecular flexibility index (Phi) is 6.67. The molecule has 2 heterocycles. The van der Waals surface area contributed by atoms with Crippen molar-refractivity contribution in [1.82, 2.24) is 4.98 Å². The van der Waals surface area contributed by atoms with Crippen LogP contribution in [0.25, 0.3) is 0 Å². The van der Waals surface area contributed by atoms with Gasteiger partial charge in [0.1, 0.15) is 24.0 Å². The Morgan fingerprint density at radius 3 is 2.61 bits per heavy atom. The zero-order valence-corrected chi connectivity index (χ0v) is 17.7.